The topological polar surface area (TPSA) is 0 Å². The van der Waals surface area contributed by atoms with E-state index in [0.29, 0.717) is 5.92 Å². The molecule has 0 heterocycles. The van der Waals surface area contributed by atoms with Crippen LogP contribution >= 0.6 is 0 Å². The van der Waals surface area contributed by atoms with Crippen LogP contribution in [0.4, 0.5) is 0 Å². The molecule has 30 heavy (non-hydrogen) atoms. The number of aryl methyl sites for hydroxylation is 6. The summed E-state index contributed by atoms with van der Waals surface area (Å²) >= 11 is 0. The molecule has 0 spiro atoms. The molecular formula is C30H38. The zero-order chi connectivity index (χ0) is 21.7. The van der Waals surface area contributed by atoms with Gasteiger partial charge >= 0.3 is 0 Å². The van der Waals surface area contributed by atoms with Crippen molar-refractivity contribution in [3.05, 3.63) is 105 Å². The van der Waals surface area contributed by atoms with Gasteiger partial charge in [0.25, 0.3) is 0 Å². The first-order valence-electron chi connectivity index (χ1n) is 11.5. The van der Waals surface area contributed by atoms with Gasteiger partial charge in [-0.1, -0.05) is 67.1 Å². The summed E-state index contributed by atoms with van der Waals surface area (Å²) in [5, 5.41) is 0. The van der Waals surface area contributed by atoms with Crippen molar-refractivity contribution in [2.75, 3.05) is 0 Å². The van der Waals surface area contributed by atoms with Crippen LogP contribution in [0.3, 0.4) is 0 Å². The summed E-state index contributed by atoms with van der Waals surface area (Å²) in [4.78, 5) is 0. The monoisotopic (exact) mass is 398 g/mol. The molecule has 3 aromatic carbocycles. The van der Waals surface area contributed by atoms with Gasteiger partial charge in [0.15, 0.2) is 0 Å². The van der Waals surface area contributed by atoms with Gasteiger partial charge in [-0.15, -0.1) is 0 Å². The lowest BCUT2D eigenvalue weighted by Gasteiger charge is -2.17. The van der Waals surface area contributed by atoms with E-state index in [0.717, 1.165) is 12.8 Å². The van der Waals surface area contributed by atoms with E-state index in [2.05, 4.69) is 96.1 Å². The van der Waals surface area contributed by atoms with Crippen molar-refractivity contribution in [3.63, 3.8) is 0 Å². The van der Waals surface area contributed by atoms with Gasteiger partial charge in [0, 0.05) is 0 Å². The molecule has 0 aliphatic heterocycles. The number of rotatable bonds is 8. The third-order valence-corrected chi connectivity index (χ3v) is 6.93. The van der Waals surface area contributed by atoms with Crippen LogP contribution in [0.15, 0.2) is 54.6 Å². The number of hydrogen-bond acceptors (Lipinski definition) is 0. The second-order valence-corrected chi connectivity index (χ2v) is 9.34. The predicted octanol–water partition coefficient (Wildman–Crippen LogP) is 7.83. The average molecular weight is 399 g/mol. The van der Waals surface area contributed by atoms with E-state index in [1.165, 1.54) is 63.8 Å². The summed E-state index contributed by atoms with van der Waals surface area (Å²) in [5.41, 5.74) is 13.2. The molecule has 0 bridgehead atoms. The molecule has 0 fully saturated rings. The fourth-order valence-corrected chi connectivity index (χ4v) is 4.50. The van der Waals surface area contributed by atoms with Crippen LogP contribution in [0.1, 0.15) is 63.4 Å². The molecule has 158 valence electrons. The molecule has 0 N–H and O–H groups in total. The van der Waals surface area contributed by atoms with Crippen molar-refractivity contribution < 1.29 is 0 Å². The Balaban J connectivity index is 1.67. The highest BCUT2D eigenvalue weighted by Crippen LogP contribution is 2.23. The first-order valence-corrected chi connectivity index (χ1v) is 11.5. The van der Waals surface area contributed by atoms with E-state index < -0.39 is 0 Å². The molecule has 0 saturated heterocycles. The molecular weight excluding hydrogens is 360 g/mol. The highest BCUT2D eigenvalue weighted by atomic mass is 14.2. The van der Waals surface area contributed by atoms with Crippen LogP contribution in [0.5, 0.6) is 0 Å². The Morgan fingerprint density at radius 1 is 0.600 bits per heavy atom. The van der Waals surface area contributed by atoms with Gasteiger partial charge in [-0.3, -0.25) is 0 Å². The highest BCUT2D eigenvalue weighted by molar-refractivity contribution is 5.37. The zero-order valence-corrected chi connectivity index (χ0v) is 19.8. The van der Waals surface area contributed by atoms with Crippen LogP contribution in [-0.2, 0) is 25.7 Å². The third-order valence-electron chi connectivity index (χ3n) is 6.93. The van der Waals surface area contributed by atoms with E-state index in [-0.39, 0.29) is 0 Å². The maximum atomic E-state index is 2.42. The second kappa shape index (κ2) is 10.1. The van der Waals surface area contributed by atoms with Gasteiger partial charge in [0.05, 0.1) is 0 Å². The van der Waals surface area contributed by atoms with Gasteiger partial charge in [-0.2, -0.15) is 0 Å². The van der Waals surface area contributed by atoms with E-state index in [4.69, 9.17) is 0 Å². The van der Waals surface area contributed by atoms with Crippen LogP contribution < -0.4 is 0 Å². The average Bonchev–Trinajstić information content (AvgIpc) is 2.71. The lowest BCUT2D eigenvalue weighted by molar-refractivity contribution is 0.527. The minimum atomic E-state index is 0.686. The lowest BCUT2D eigenvalue weighted by atomic mass is 9.88. The SMILES string of the molecule is Cc1ccc(CCc2cccc(C)c2C)c(CC(C)CCc2cccc(C)c2C)c1. The van der Waals surface area contributed by atoms with Crippen molar-refractivity contribution in [1.82, 2.24) is 0 Å². The largest absolute Gasteiger partial charge is 0.0622 e. The standard InChI is InChI=1S/C30H38/c1-21(13-15-27-11-7-9-23(3)25(27)5)19-30-20-22(2)14-16-29(30)18-17-28-12-8-10-24(4)26(28)6/h7-12,14,16,20-21H,13,15,17-19H2,1-6H3. The summed E-state index contributed by atoms with van der Waals surface area (Å²) in [5.74, 6) is 0.686. The van der Waals surface area contributed by atoms with Gasteiger partial charge in [-0.25, -0.2) is 0 Å². The Kier molecular flexibility index (Phi) is 7.53. The fourth-order valence-electron chi connectivity index (χ4n) is 4.50. The van der Waals surface area contributed by atoms with Crippen molar-refractivity contribution in [2.45, 2.75) is 73.6 Å². The maximum Gasteiger partial charge on any atom is -0.0235 e. The molecule has 0 aliphatic rings. The number of hydrogen-bond donors (Lipinski definition) is 0. The second-order valence-electron chi connectivity index (χ2n) is 9.34. The molecule has 3 rings (SSSR count). The normalized spacial score (nSPS) is 12.2. The van der Waals surface area contributed by atoms with Crippen LogP contribution in [0.2, 0.25) is 0 Å². The van der Waals surface area contributed by atoms with Crippen molar-refractivity contribution >= 4 is 0 Å². The predicted molar refractivity (Wildman–Crippen MR) is 132 cm³/mol. The minimum Gasteiger partial charge on any atom is -0.0622 e. The Hall–Kier alpha value is -2.34. The Morgan fingerprint density at radius 2 is 1.17 bits per heavy atom. The number of benzene rings is 3. The Morgan fingerprint density at radius 3 is 1.80 bits per heavy atom. The van der Waals surface area contributed by atoms with E-state index in [1.54, 1.807) is 5.56 Å². The van der Waals surface area contributed by atoms with Crippen LogP contribution in [0.25, 0.3) is 0 Å². The van der Waals surface area contributed by atoms with Gasteiger partial charge < -0.3 is 0 Å². The maximum absolute atomic E-state index is 2.42. The van der Waals surface area contributed by atoms with Crippen LogP contribution in [-0.4, -0.2) is 0 Å². The zero-order valence-electron chi connectivity index (χ0n) is 19.8. The third kappa shape index (κ3) is 5.63. The molecule has 0 radical (unpaired) electrons. The quantitative estimate of drug-likeness (QED) is 0.363. The minimum absolute atomic E-state index is 0.686. The summed E-state index contributed by atoms with van der Waals surface area (Å²) in [6.07, 6.45) is 5.85. The molecule has 0 aliphatic carbocycles. The molecule has 0 heteroatoms. The molecule has 0 aromatic heterocycles. The summed E-state index contributed by atoms with van der Waals surface area (Å²) in [6, 6.07) is 20.5. The molecule has 1 atom stereocenters. The van der Waals surface area contributed by atoms with E-state index >= 15 is 0 Å². The van der Waals surface area contributed by atoms with Gasteiger partial charge in [0.2, 0.25) is 0 Å². The van der Waals surface area contributed by atoms with Gasteiger partial charge in [-0.05, 0) is 117 Å². The summed E-state index contributed by atoms with van der Waals surface area (Å²) < 4.78 is 0. The molecule has 0 amide bonds. The first kappa shape index (κ1) is 22.3. The van der Waals surface area contributed by atoms with Crippen molar-refractivity contribution in [2.24, 2.45) is 5.92 Å². The molecule has 0 nitrogen and oxygen atoms in total. The van der Waals surface area contributed by atoms with E-state index in [1.807, 2.05) is 0 Å². The fraction of sp³-hybridized carbons (Fsp3) is 0.400. The smallest absolute Gasteiger partial charge is 0.0235 e. The molecule has 3 aromatic rings. The van der Waals surface area contributed by atoms with E-state index in [9.17, 15) is 0 Å². The lowest BCUT2D eigenvalue weighted by Crippen LogP contribution is -2.07. The molecule has 1 unspecified atom stereocenters. The van der Waals surface area contributed by atoms with Crippen LogP contribution in [0, 0.1) is 40.5 Å². The Labute approximate surface area is 184 Å². The highest BCUT2D eigenvalue weighted by Gasteiger charge is 2.11. The van der Waals surface area contributed by atoms with Crippen molar-refractivity contribution in [1.29, 1.82) is 0 Å². The van der Waals surface area contributed by atoms with Crippen molar-refractivity contribution in [3.8, 4) is 0 Å². The molecule has 0 saturated carbocycles. The Bertz CT molecular complexity index is 993. The van der Waals surface area contributed by atoms with Gasteiger partial charge in [0.1, 0.15) is 0 Å². The first-order chi connectivity index (χ1) is 14.3. The summed E-state index contributed by atoms with van der Waals surface area (Å²) in [6.45, 7) is 13.6. The summed E-state index contributed by atoms with van der Waals surface area (Å²) in [7, 11) is 0.